The fraction of sp³-hybridized carbons (Fsp3) is 0.316. The molecule has 0 spiro atoms. The Hall–Kier alpha value is -1.86. The predicted molar refractivity (Wildman–Crippen MR) is 106 cm³/mol. The first-order chi connectivity index (χ1) is 13.0. The molecule has 1 fully saturated rings. The average molecular weight is 445 g/mol. The number of ether oxygens (including phenoxy) is 2. The van der Waals surface area contributed by atoms with Crippen LogP contribution in [0.1, 0.15) is 38.0 Å². The molecule has 0 radical (unpaired) electrons. The molecule has 0 aliphatic carbocycles. The van der Waals surface area contributed by atoms with Crippen LogP contribution in [0.15, 0.2) is 36.4 Å². The number of esters is 1. The van der Waals surface area contributed by atoms with Crippen molar-refractivity contribution in [3.8, 4) is 0 Å². The normalized spacial score (nSPS) is 21.3. The molecule has 1 aliphatic heterocycles. The summed E-state index contributed by atoms with van der Waals surface area (Å²) < 4.78 is 11.4. The number of carbonyl (C=O) groups is 1. The summed E-state index contributed by atoms with van der Waals surface area (Å²) in [6.45, 7) is 5.18. The van der Waals surface area contributed by atoms with E-state index in [9.17, 15) is 14.9 Å². The molecule has 9 heteroatoms. The van der Waals surface area contributed by atoms with Gasteiger partial charge in [-0.25, -0.2) is 4.79 Å². The highest BCUT2D eigenvalue weighted by Gasteiger charge is 2.67. The minimum atomic E-state index is -1.53. The van der Waals surface area contributed by atoms with Gasteiger partial charge in [-0.1, -0.05) is 46.9 Å². The van der Waals surface area contributed by atoms with Gasteiger partial charge in [-0.15, -0.1) is 0 Å². The maximum Gasteiger partial charge on any atom is 0.346 e. The van der Waals surface area contributed by atoms with Crippen LogP contribution in [0.4, 0.5) is 5.69 Å². The molecule has 0 saturated carbocycles. The zero-order valence-electron chi connectivity index (χ0n) is 15.2. The number of epoxide rings is 1. The van der Waals surface area contributed by atoms with E-state index in [1.807, 2.05) is 0 Å². The van der Waals surface area contributed by atoms with Crippen molar-refractivity contribution in [3.05, 3.63) is 72.7 Å². The van der Waals surface area contributed by atoms with E-state index in [0.717, 1.165) is 0 Å². The third-order valence-electron chi connectivity index (χ3n) is 4.16. The molecule has 3 rings (SSSR count). The molecule has 0 N–H and O–H groups in total. The number of rotatable bonds is 4. The Morgan fingerprint density at radius 3 is 2.43 bits per heavy atom. The number of nitrogens with zero attached hydrogens (tertiary/aromatic N) is 1. The standard InChI is InChI=1S/C19H16Cl3NO5/c1-18(2,3)28-17(24)19(10-7-8-14(23(25)26)13(21)9-10)16(27-19)11-5-4-6-12(20)15(11)22/h4-9,16H,1-3H3. The van der Waals surface area contributed by atoms with E-state index in [1.165, 1.54) is 18.2 Å². The Morgan fingerprint density at radius 2 is 1.86 bits per heavy atom. The van der Waals surface area contributed by atoms with Crippen molar-refractivity contribution >= 4 is 46.5 Å². The van der Waals surface area contributed by atoms with Crippen molar-refractivity contribution in [1.82, 2.24) is 0 Å². The Bertz CT molecular complexity index is 973. The summed E-state index contributed by atoms with van der Waals surface area (Å²) in [6.07, 6.45) is -0.772. The molecule has 0 amide bonds. The third-order valence-corrected chi connectivity index (χ3v) is 5.29. The number of nitro benzene ring substituents is 1. The molecule has 6 nitrogen and oxygen atoms in total. The van der Waals surface area contributed by atoms with E-state index in [4.69, 9.17) is 44.3 Å². The van der Waals surface area contributed by atoms with Gasteiger partial charge in [0.25, 0.3) is 5.69 Å². The SMILES string of the molecule is CC(C)(C)OC(=O)C1(c2ccc([N+](=O)[O-])c(Cl)c2)OC1c1cccc(Cl)c1Cl. The van der Waals surface area contributed by atoms with Crippen molar-refractivity contribution < 1.29 is 19.2 Å². The second kappa shape index (κ2) is 7.19. The largest absolute Gasteiger partial charge is 0.457 e. The van der Waals surface area contributed by atoms with E-state index in [2.05, 4.69) is 0 Å². The Labute approximate surface area is 176 Å². The fourth-order valence-electron chi connectivity index (χ4n) is 2.89. The van der Waals surface area contributed by atoms with Crippen LogP contribution < -0.4 is 0 Å². The van der Waals surface area contributed by atoms with Gasteiger partial charge in [-0.3, -0.25) is 10.1 Å². The maximum absolute atomic E-state index is 13.1. The summed E-state index contributed by atoms with van der Waals surface area (Å²) >= 11 is 18.4. The van der Waals surface area contributed by atoms with Crippen molar-refractivity contribution in [2.24, 2.45) is 0 Å². The van der Waals surface area contributed by atoms with Crippen molar-refractivity contribution in [3.63, 3.8) is 0 Å². The predicted octanol–water partition coefficient (Wildman–Crippen LogP) is 5.86. The summed E-state index contributed by atoms with van der Waals surface area (Å²) in [7, 11) is 0. The maximum atomic E-state index is 13.1. The average Bonchev–Trinajstić information content (AvgIpc) is 3.32. The molecule has 0 bridgehead atoms. The fourth-order valence-corrected chi connectivity index (χ4v) is 3.55. The summed E-state index contributed by atoms with van der Waals surface area (Å²) in [5.74, 6) is -0.647. The lowest BCUT2D eigenvalue weighted by molar-refractivity contribution is -0.384. The minimum Gasteiger partial charge on any atom is -0.457 e. The van der Waals surface area contributed by atoms with Crippen LogP contribution in [0.3, 0.4) is 0 Å². The molecule has 2 unspecified atom stereocenters. The first-order valence-electron chi connectivity index (χ1n) is 8.27. The second-order valence-electron chi connectivity index (χ2n) is 7.30. The minimum absolute atomic E-state index is 0.114. The zero-order valence-corrected chi connectivity index (χ0v) is 17.4. The number of halogens is 3. The highest BCUT2D eigenvalue weighted by Crippen LogP contribution is 2.60. The van der Waals surface area contributed by atoms with Gasteiger partial charge in [-0.05, 0) is 39.0 Å². The molecular formula is C19H16Cl3NO5. The number of nitro groups is 1. The van der Waals surface area contributed by atoms with Crippen LogP contribution in [0.25, 0.3) is 0 Å². The molecule has 2 aromatic carbocycles. The van der Waals surface area contributed by atoms with Crippen molar-refractivity contribution in [1.29, 1.82) is 0 Å². The van der Waals surface area contributed by atoms with Crippen LogP contribution in [-0.4, -0.2) is 16.5 Å². The van der Waals surface area contributed by atoms with E-state index in [1.54, 1.807) is 39.0 Å². The topological polar surface area (TPSA) is 82.0 Å². The van der Waals surface area contributed by atoms with E-state index in [0.29, 0.717) is 16.1 Å². The van der Waals surface area contributed by atoms with Crippen LogP contribution in [-0.2, 0) is 19.9 Å². The Kier molecular flexibility index (Phi) is 5.36. The lowest BCUT2D eigenvalue weighted by Crippen LogP contribution is -2.33. The number of benzene rings is 2. The van der Waals surface area contributed by atoms with Gasteiger partial charge >= 0.3 is 5.97 Å². The zero-order chi connectivity index (χ0) is 20.9. The highest BCUT2D eigenvalue weighted by atomic mass is 35.5. The number of carbonyl (C=O) groups excluding carboxylic acids is 1. The highest BCUT2D eigenvalue weighted by molar-refractivity contribution is 6.42. The van der Waals surface area contributed by atoms with Crippen LogP contribution in [0, 0.1) is 10.1 Å². The van der Waals surface area contributed by atoms with E-state index in [-0.39, 0.29) is 15.7 Å². The molecule has 148 valence electrons. The van der Waals surface area contributed by atoms with Crippen molar-refractivity contribution in [2.75, 3.05) is 0 Å². The van der Waals surface area contributed by atoms with Gasteiger partial charge in [0.1, 0.15) is 16.7 Å². The third kappa shape index (κ3) is 3.70. The molecule has 28 heavy (non-hydrogen) atoms. The van der Waals surface area contributed by atoms with Crippen LogP contribution in [0.5, 0.6) is 0 Å². The van der Waals surface area contributed by atoms with Gasteiger partial charge in [0, 0.05) is 17.2 Å². The molecule has 2 aromatic rings. The summed E-state index contributed by atoms with van der Waals surface area (Å²) in [6, 6.07) is 8.98. The summed E-state index contributed by atoms with van der Waals surface area (Å²) in [4.78, 5) is 23.5. The number of hydrogen-bond donors (Lipinski definition) is 0. The molecule has 1 saturated heterocycles. The first-order valence-corrected chi connectivity index (χ1v) is 9.40. The lowest BCUT2D eigenvalue weighted by Gasteiger charge is -2.23. The van der Waals surface area contributed by atoms with Gasteiger partial charge in [-0.2, -0.15) is 0 Å². The Balaban J connectivity index is 2.10. The summed E-state index contributed by atoms with van der Waals surface area (Å²) in [5, 5.41) is 11.5. The molecule has 0 aromatic heterocycles. The van der Waals surface area contributed by atoms with Gasteiger partial charge < -0.3 is 9.47 Å². The lowest BCUT2D eigenvalue weighted by atomic mass is 9.91. The quantitative estimate of drug-likeness (QED) is 0.255. The Morgan fingerprint density at radius 1 is 1.18 bits per heavy atom. The van der Waals surface area contributed by atoms with Gasteiger partial charge in [0.2, 0.25) is 5.60 Å². The van der Waals surface area contributed by atoms with Gasteiger partial charge in [0.15, 0.2) is 0 Å². The summed E-state index contributed by atoms with van der Waals surface area (Å²) in [5.41, 5.74) is -1.74. The molecule has 1 heterocycles. The van der Waals surface area contributed by atoms with E-state index >= 15 is 0 Å². The first kappa shape index (κ1) is 20.9. The van der Waals surface area contributed by atoms with E-state index < -0.39 is 28.2 Å². The van der Waals surface area contributed by atoms with Crippen LogP contribution >= 0.6 is 34.8 Å². The smallest absolute Gasteiger partial charge is 0.346 e. The van der Waals surface area contributed by atoms with Gasteiger partial charge in [0.05, 0.1) is 15.0 Å². The van der Waals surface area contributed by atoms with Crippen LogP contribution in [0.2, 0.25) is 15.1 Å². The molecule has 2 atom stereocenters. The van der Waals surface area contributed by atoms with Crippen molar-refractivity contribution in [2.45, 2.75) is 38.1 Å². The molecule has 1 aliphatic rings. The molecular weight excluding hydrogens is 429 g/mol. The monoisotopic (exact) mass is 443 g/mol. The second-order valence-corrected chi connectivity index (χ2v) is 8.49. The number of hydrogen-bond acceptors (Lipinski definition) is 5.